The zero-order valence-electron chi connectivity index (χ0n) is 14.2. The fourth-order valence-electron chi connectivity index (χ4n) is 2.82. The molecule has 0 saturated heterocycles. The van der Waals surface area contributed by atoms with E-state index in [0.29, 0.717) is 11.1 Å². The maximum Gasteiger partial charge on any atom is 0.329 e. The molecular formula is C20H18NO5P. The van der Waals surface area contributed by atoms with Gasteiger partial charge in [0.1, 0.15) is 5.75 Å². The molecule has 1 amide bonds. The Balaban J connectivity index is 1.98. The highest BCUT2D eigenvalue weighted by molar-refractivity contribution is 7.50. The van der Waals surface area contributed by atoms with Crippen molar-refractivity contribution in [3.8, 4) is 16.9 Å². The van der Waals surface area contributed by atoms with E-state index in [1.165, 1.54) is 12.1 Å². The minimum absolute atomic E-state index is 0.0923. The number of hydrogen-bond acceptors (Lipinski definition) is 3. The number of nitrogens with one attached hydrogen (secondary N) is 1. The van der Waals surface area contributed by atoms with Gasteiger partial charge in [-0.3, -0.25) is 9.36 Å². The number of aromatic hydroxyl groups is 1. The maximum atomic E-state index is 12.9. The maximum absolute atomic E-state index is 12.9. The lowest BCUT2D eigenvalue weighted by molar-refractivity contribution is 0.102. The molecule has 7 heteroatoms. The lowest BCUT2D eigenvalue weighted by Gasteiger charge is -2.15. The van der Waals surface area contributed by atoms with Gasteiger partial charge >= 0.3 is 7.60 Å². The molecule has 3 rings (SSSR count). The van der Waals surface area contributed by atoms with Crippen molar-refractivity contribution < 1.29 is 24.3 Å². The molecule has 0 aliphatic carbocycles. The summed E-state index contributed by atoms with van der Waals surface area (Å²) in [5, 5.41) is 12.9. The molecule has 0 bridgehead atoms. The number of hydrogen-bond donors (Lipinski definition) is 4. The van der Waals surface area contributed by atoms with Gasteiger partial charge in [0.15, 0.2) is 0 Å². The first-order valence-corrected chi connectivity index (χ1v) is 9.96. The Labute approximate surface area is 156 Å². The Morgan fingerprint density at radius 1 is 0.889 bits per heavy atom. The zero-order valence-corrected chi connectivity index (χ0v) is 15.1. The molecule has 0 spiro atoms. The molecule has 0 fully saturated rings. The lowest BCUT2D eigenvalue weighted by Crippen LogP contribution is -2.15. The predicted octanol–water partition coefficient (Wildman–Crippen LogP) is 3.99. The van der Waals surface area contributed by atoms with Crippen LogP contribution < -0.4 is 5.32 Å². The summed E-state index contributed by atoms with van der Waals surface area (Å²) >= 11 is 0. The van der Waals surface area contributed by atoms with Crippen LogP contribution in [-0.2, 0) is 10.7 Å². The van der Waals surface area contributed by atoms with Gasteiger partial charge in [0.25, 0.3) is 5.91 Å². The van der Waals surface area contributed by atoms with E-state index in [9.17, 15) is 24.3 Å². The molecule has 6 nitrogen and oxygen atoms in total. The van der Waals surface area contributed by atoms with Crippen LogP contribution in [0.25, 0.3) is 11.1 Å². The third kappa shape index (κ3) is 4.63. The second-order valence-corrected chi connectivity index (χ2v) is 7.65. The number of benzene rings is 3. The van der Waals surface area contributed by atoms with Crippen molar-refractivity contribution in [3.05, 3.63) is 83.9 Å². The summed E-state index contributed by atoms with van der Waals surface area (Å²) in [6.45, 7) is 0. The van der Waals surface area contributed by atoms with Crippen molar-refractivity contribution in [1.29, 1.82) is 0 Å². The Kier molecular flexibility index (Phi) is 5.42. The van der Waals surface area contributed by atoms with E-state index in [4.69, 9.17) is 0 Å². The van der Waals surface area contributed by atoms with Crippen molar-refractivity contribution >= 4 is 19.2 Å². The van der Waals surface area contributed by atoms with Crippen LogP contribution in [0.15, 0.2) is 72.8 Å². The van der Waals surface area contributed by atoms with Crippen LogP contribution in [0.5, 0.6) is 5.75 Å². The minimum Gasteiger partial charge on any atom is -0.507 e. The summed E-state index contributed by atoms with van der Waals surface area (Å²) in [6, 6.07) is 20.4. The third-order valence-corrected chi connectivity index (χ3v) is 4.75. The molecule has 3 aromatic carbocycles. The van der Waals surface area contributed by atoms with Crippen molar-refractivity contribution in [2.24, 2.45) is 0 Å². The summed E-state index contributed by atoms with van der Waals surface area (Å²) in [7, 11) is -4.30. The van der Waals surface area contributed by atoms with Crippen LogP contribution in [0.4, 0.5) is 5.69 Å². The number of para-hydroxylation sites is 1. The summed E-state index contributed by atoms with van der Waals surface area (Å²) in [6.07, 6.45) is -0.490. The fraction of sp³-hybridized carbons (Fsp3) is 0.0500. The van der Waals surface area contributed by atoms with Crippen molar-refractivity contribution in [1.82, 2.24) is 0 Å². The summed E-state index contributed by atoms with van der Waals surface area (Å²) in [5.74, 6) is -0.744. The standard InChI is InChI=1S/C20H18NO5P/c22-18-12-6-10-16(14-7-2-1-3-8-14)19(18)20(23)21-17-11-5-4-9-15(17)13-27(24,25)26/h1-12,22H,13H2,(H,21,23)(H2,24,25,26). The quantitative estimate of drug-likeness (QED) is 0.499. The van der Waals surface area contributed by atoms with Gasteiger partial charge in [-0.15, -0.1) is 0 Å². The first kappa shape index (κ1) is 18.9. The van der Waals surface area contributed by atoms with Crippen LogP contribution in [0.3, 0.4) is 0 Å². The van der Waals surface area contributed by atoms with E-state index < -0.39 is 19.7 Å². The van der Waals surface area contributed by atoms with Gasteiger partial charge in [-0.05, 0) is 28.8 Å². The van der Waals surface area contributed by atoms with E-state index in [1.807, 2.05) is 30.3 Å². The predicted molar refractivity (Wildman–Crippen MR) is 104 cm³/mol. The van der Waals surface area contributed by atoms with E-state index in [2.05, 4.69) is 5.32 Å². The highest BCUT2D eigenvalue weighted by Gasteiger charge is 2.21. The summed E-state index contributed by atoms with van der Waals surface area (Å²) in [4.78, 5) is 31.4. The third-order valence-electron chi connectivity index (χ3n) is 4.00. The monoisotopic (exact) mass is 383 g/mol. The average Bonchev–Trinajstić information content (AvgIpc) is 2.62. The lowest BCUT2D eigenvalue weighted by atomic mass is 9.98. The SMILES string of the molecule is O=C(Nc1ccccc1CP(=O)(O)O)c1c(O)cccc1-c1ccccc1. The van der Waals surface area contributed by atoms with Crippen LogP contribution >= 0.6 is 7.60 Å². The van der Waals surface area contributed by atoms with E-state index >= 15 is 0 Å². The van der Waals surface area contributed by atoms with Gasteiger partial charge in [-0.1, -0.05) is 60.7 Å². The Morgan fingerprint density at radius 3 is 2.26 bits per heavy atom. The molecule has 138 valence electrons. The Bertz CT molecular complexity index is 1010. The van der Waals surface area contributed by atoms with Gasteiger partial charge in [0.05, 0.1) is 11.7 Å². The number of rotatable bonds is 5. The zero-order chi connectivity index (χ0) is 19.4. The number of phenols is 1. The van der Waals surface area contributed by atoms with E-state index in [0.717, 1.165) is 5.56 Å². The Hall–Kier alpha value is -2.92. The number of anilines is 1. The number of carbonyl (C=O) groups excluding carboxylic acids is 1. The smallest absolute Gasteiger partial charge is 0.329 e. The molecule has 0 unspecified atom stereocenters. The van der Waals surface area contributed by atoms with Crippen LogP contribution in [-0.4, -0.2) is 20.8 Å². The van der Waals surface area contributed by atoms with Crippen molar-refractivity contribution in [3.63, 3.8) is 0 Å². The normalized spacial score (nSPS) is 11.2. The number of amides is 1. The second-order valence-electron chi connectivity index (χ2n) is 6.00. The number of phenolic OH excluding ortho intramolecular Hbond substituents is 1. The van der Waals surface area contributed by atoms with Crippen molar-refractivity contribution in [2.45, 2.75) is 6.16 Å². The van der Waals surface area contributed by atoms with E-state index in [-0.39, 0.29) is 17.0 Å². The molecule has 0 radical (unpaired) electrons. The minimum atomic E-state index is -4.30. The molecule has 0 atom stereocenters. The fourth-order valence-corrected chi connectivity index (χ4v) is 3.54. The van der Waals surface area contributed by atoms with Gasteiger partial charge in [0.2, 0.25) is 0 Å². The molecule has 0 heterocycles. The van der Waals surface area contributed by atoms with Gasteiger partial charge < -0.3 is 20.2 Å². The number of carbonyl (C=O) groups is 1. The molecule has 0 aromatic heterocycles. The van der Waals surface area contributed by atoms with Gasteiger partial charge in [-0.2, -0.15) is 0 Å². The van der Waals surface area contributed by atoms with Crippen LogP contribution in [0.1, 0.15) is 15.9 Å². The first-order valence-electron chi connectivity index (χ1n) is 8.16. The second kappa shape index (κ2) is 7.76. The molecule has 0 saturated carbocycles. The van der Waals surface area contributed by atoms with Gasteiger partial charge in [-0.25, -0.2) is 0 Å². The molecule has 0 aliphatic heterocycles. The highest BCUT2D eigenvalue weighted by Crippen LogP contribution is 2.41. The Morgan fingerprint density at radius 2 is 1.56 bits per heavy atom. The van der Waals surface area contributed by atoms with Crippen molar-refractivity contribution in [2.75, 3.05) is 5.32 Å². The molecular weight excluding hydrogens is 365 g/mol. The summed E-state index contributed by atoms with van der Waals surface area (Å²) in [5.41, 5.74) is 2.02. The highest BCUT2D eigenvalue weighted by atomic mass is 31.2. The molecule has 3 aromatic rings. The van der Waals surface area contributed by atoms with Crippen LogP contribution in [0.2, 0.25) is 0 Å². The average molecular weight is 383 g/mol. The molecule has 4 N–H and O–H groups in total. The molecule has 0 aliphatic rings. The van der Waals surface area contributed by atoms with Gasteiger partial charge in [0, 0.05) is 5.69 Å². The topological polar surface area (TPSA) is 107 Å². The van der Waals surface area contributed by atoms with E-state index in [1.54, 1.807) is 30.3 Å². The first-order chi connectivity index (χ1) is 12.8. The molecule has 27 heavy (non-hydrogen) atoms. The van der Waals surface area contributed by atoms with Crippen LogP contribution in [0, 0.1) is 0 Å². The largest absolute Gasteiger partial charge is 0.507 e. The summed E-state index contributed by atoms with van der Waals surface area (Å²) < 4.78 is 11.3.